The molecule has 3 atom stereocenters. The normalized spacial score (nSPS) is 24.6. The quantitative estimate of drug-likeness (QED) is 0.747. The molecule has 3 aromatic rings. The van der Waals surface area contributed by atoms with Crippen LogP contribution in [0, 0.1) is 6.92 Å². The summed E-state index contributed by atoms with van der Waals surface area (Å²) in [7, 11) is 2.17. The average molecular weight is 390 g/mol. The number of benzene rings is 1. The molecular formula is C23H26N4O2. The lowest BCUT2D eigenvalue weighted by Crippen LogP contribution is -2.59. The summed E-state index contributed by atoms with van der Waals surface area (Å²) < 4.78 is 7.78. The number of hydrogen-bond acceptors (Lipinski definition) is 4. The monoisotopic (exact) mass is 390 g/mol. The third-order valence-electron chi connectivity index (χ3n) is 6.45. The molecule has 6 heteroatoms. The van der Waals surface area contributed by atoms with E-state index in [0.29, 0.717) is 17.6 Å². The number of nitrogens with one attached hydrogen (secondary N) is 1. The third kappa shape index (κ3) is 3.22. The Morgan fingerprint density at radius 1 is 1.17 bits per heavy atom. The van der Waals surface area contributed by atoms with Crippen molar-refractivity contribution in [3.63, 3.8) is 0 Å². The second-order valence-corrected chi connectivity index (χ2v) is 8.24. The summed E-state index contributed by atoms with van der Waals surface area (Å²) in [4.78, 5) is 20.0. The molecule has 29 heavy (non-hydrogen) atoms. The van der Waals surface area contributed by atoms with Crippen LogP contribution in [-0.4, -0.2) is 58.7 Å². The first kappa shape index (κ1) is 18.3. The van der Waals surface area contributed by atoms with E-state index in [1.807, 2.05) is 36.7 Å². The lowest BCUT2D eigenvalue weighted by Gasteiger charge is -2.46. The Bertz CT molecular complexity index is 1050. The highest BCUT2D eigenvalue weighted by molar-refractivity contribution is 6.07. The van der Waals surface area contributed by atoms with Crippen LogP contribution in [-0.2, 0) is 4.74 Å². The standard InChI is InChI=1S/C23H26N4O2/c1-15-7-8-24-11-22(15)27-12-20(19-5-3-4-6-21(19)27)23(28)25-16-9-17-13-29-14-18(10-16)26(17)2/h3-8,11-12,16-18H,9-10,13-14H2,1-2H3,(H,25,28)/t16-,17-,18+. The van der Waals surface area contributed by atoms with Crippen LogP contribution in [0.1, 0.15) is 28.8 Å². The van der Waals surface area contributed by atoms with E-state index in [9.17, 15) is 4.79 Å². The summed E-state index contributed by atoms with van der Waals surface area (Å²) >= 11 is 0. The minimum absolute atomic E-state index is 0.00459. The molecule has 0 aliphatic carbocycles. The van der Waals surface area contributed by atoms with Crippen molar-refractivity contribution in [2.75, 3.05) is 20.3 Å². The van der Waals surface area contributed by atoms with Gasteiger partial charge >= 0.3 is 0 Å². The molecule has 0 spiro atoms. The number of nitrogens with zero attached hydrogens (tertiary/aromatic N) is 3. The van der Waals surface area contributed by atoms with Gasteiger partial charge in [-0.3, -0.25) is 14.7 Å². The number of fused-ring (bicyclic) bond motifs is 3. The molecule has 6 nitrogen and oxygen atoms in total. The Kier molecular flexibility index (Phi) is 4.60. The summed E-state index contributed by atoms with van der Waals surface area (Å²) in [5, 5.41) is 4.27. The molecule has 150 valence electrons. The molecule has 4 heterocycles. The maximum atomic E-state index is 13.3. The third-order valence-corrected chi connectivity index (χ3v) is 6.45. The number of amides is 1. The van der Waals surface area contributed by atoms with Crippen LogP contribution in [0.2, 0.25) is 0 Å². The minimum atomic E-state index is -0.00459. The van der Waals surface area contributed by atoms with Crippen molar-refractivity contribution in [1.29, 1.82) is 0 Å². The van der Waals surface area contributed by atoms with Gasteiger partial charge in [-0.05, 0) is 44.5 Å². The molecule has 0 radical (unpaired) electrons. The fourth-order valence-corrected chi connectivity index (χ4v) is 4.74. The van der Waals surface area contributed by atoms with Gasteiger partial charge in [0.05, 0.1) is 36.2 Å². The molecular weight excluding hydrogens is 364 g/mol. The van der Waals surface area contributed by atoms with Gasteiger partial charge in [0, 0.05) is 35.9 Å². The number of aromatic nitrogens is 2. The first-order chi connectivity index (χ1) is 14.1. The van der Waals surface area contributed by atoms with Crippen LogP contribution in [0.5, 0.6) is 0 Å². The first-order valence-corrected chi connectivity index (χ1v) is 10.2. The van der Waals surface area contributed by atoms with E-state index in [2.05, 4.69) is 39.8 Å². The highest BCUT2D eigenvalue weighted by Gasteiger charge is 2.37. The number of aryl methyl sites for hydroxylation is 1. The summed E-state index contributed by atoms with van der Waals surface area (Å²) in [6.07, 6.45) is 7.45. The summed E-state index contributed by atoms with van der Waals surface area (Å²) in [5.41, 5.74) is 3.84. The van der Waals surface area contributed by atoms with E-state index in [1.165, 1.54) is 0 Å². The molecule has 2 aliphatic rings. The molecule has 2 aliphatic heterocycles. The maximum Gasteiger partial charge on any atom is 0.253 e. The van der Waals surface area contributed by atoms with Crippen molar-refractivity contribution < 1.29 is 9.53 Å². The number of rotatable bonds is 3. The Morgan fingerprint density at radius 3 is 2.69 bits per heavy atom. The number of pyridine rings is 1. The summed E-state index contributed by atoms with van der Waals surface area (Å²) in [6.45, 7) is 3.56. The van der Waals surface area contributed by atoms with Gasteiger partial charge in [-0.25, -0.2) is 0 Å². The minimum Gasteiger partial charge on any atom is -0.378 e. The van der Waals surface area contributed by atoms with E-state index < -0.39 is 0 Å². The number of ether oxygens (including phenoxy) is 1. The average Bonchev–Trinajstić information content (AvgIpc) is 3.09. The fourth-order valence-electron chi connectivity index (χ4n) is 4.74. The van der Waals surface area contributed by atoms with E-state index in [1.54, 1.807) is 6.20 Å². The van der Waals surface area contributed by atoms with Crippen molar-refractivity contribution in [3.8, 4) is 5.69 Å². The molecule has 1 N–H and O–H groups in total. The highest BCUT2D eigenvalue weighted by atomic mass is 16.5. The first-order valence-electron chi connectivity index (χ1n) is 10.2. The molecule has 2 saturated heterocycles. The Hall–Kier alpha value is -2.70. The molecule has 1 amide bonds. The smallest absolute Gasteiger partial charge is 0.253 e. The highest BCUT2D eigenvalue weighted by Crippen LogP contribution is 2.29. The molecule has 2 fully saturated rings. The van der Waals surface area contributed by atoms with Gasteiger partial charge in [-0.1, -0.05) is 18.2 Å². The van der Waals surface area contributed by atoms with E-state index in [0.717, 1.165) is 48.2 Å². The number of hydrogen-bond donors (Lipinski definition) is 1. The number of piperidine rings is 1. The second-order valence-electron chi connectivity index (χ2n) is 8.24. The van der Waals surface area contributed by atoms with Crippen LogP contribution in [0.25, 0.3) is 16.6 Å². The van der Waals surface area contributed by atoms with Crippen molar-refractivity contribution in [2.24, 2.45) is 0 Å². The van der Waals surface area contributed by atoms with Gasteiger partial charge in [0.1, 0.15) is 0 Å². The lowest BCUT2D eigenvalue weighted by molar-refractivity contribution is -0.0670. The van der Waals surface area contributed by atoms with Crippen molar-refractivity contribution >= 4 is 16.8 Å². The van der Waals surface area contributed by atoms with Gasteiger partial charge in [-0.2, -0.15) is 0 Å². The van der Waals surface area contributed by atoms with Crippen molar-refractivity contribution in [2.45, 2.75) is 37.9 Å². The van der Waals surface area contributed by atoms with Gasteiger partial charge in [0.25, 0.3) is 5.91 Å². The van der Waals surface area contributed by atoms with Crippen molar-refractivity contribution in [3.05, 3.63) is 60.0 Å². The number of carbonyl (C=O) groups is 1. The van der Waals surface area contributed by atoms with Gasteiger partial charge in [0.15, 0.2) is 0 Å². The Morgan fingerprint density at radius 2 is 1.93 bits per heavy atom. The zero-order chi connectivity index (χ0) is 20.0. The van der Waals surface area contributed by atoms with Gasteiger partial charge < -0.3 is 14.6 Å². The summed E-state index contributed by atoms with van der Waals surface area (Å²) in [6, 6.07) is 11.0. The Balaban J connectivity index is 1.46. The predicted octanol–water partition coefficient (Wildman–Crippen LogP) is 2.93. The number of morpholine rings is 1. The van der Waals surface area contributed by atoms with Crippen LogP contribution in [0.3, 0.4) is 0 Å². The van der Waals surface area contributed by atoms with Gasteiger partial charge in [-0.15, -0.1) is 0 Å². The number of para-hydroxylation sites is 1. The maximum absolute atomic E-state index is 13.3. The molecule has 2 bridgehead atoms. The lowest BCUT2D eigenvalue weighted by atomic mass is 9.90. The zero-order valence-electron chi connectivity index (χ0n) is 16.8. The van der Waals surface area contributed by atoms with E-state index in [4.69, 9.17) is 4.74 Å². The van der Waals surface area contributed by atoms with Crippen LogP contribution in [0.4, 0.5) is 0 Å². The van der Waals surface area contributed by atoms with Crippen LogP contribution >= 0.6 is 0 Å². The molecule has 1 aromatic carbocycles. The zero-order valence-corrected chi connectivity index (χ0v) is 16.8. The van der Waals surface area contributed by atoms with Gasteiger partial charge in [0.2, 0.25) is 0 Å². The molecule has 5 rings (SSSR count). The molecule has 0 saturated carbocycles. The largest absolute Gasteiger partial charge is 0.378 e. The van der Waals surface area contributed by atoms with E-state index in [-0.39, 0.29) is 11.9 Å². The van der Waals surface area contributed by atoms with E-state index >= 15 is 0 Å². The van der Waals surface area contributed by atoms with Crippen LogP contribution < -0.4 is 5.32 Å². The molecule has 0 unspecified atom stereocenters. The van der Waals surface area contributed by atoms with Crippen LogP contribution in [0.15, 0.2) is 48.9 Å². The summed E-state index contributed by atoms with van der Waals surface area (Å²) in [5.74, 6) is -0.00459. The molecule has 2 aromatic heterocycles. The number of likely N-dealkylation sites (N-methyl/N-ethyl adjacent to an activating group) is 1. The second kappa shape index (κ2) is 7.28. The SMILES string of the molecule is Cc1ccncc1-n1cc(C(=O)N[C@H]2C[C@H]3COC[C@@H](C2)N3C)c2ccccc21. The topological polar surface area (TPSA) is 59.4 Å². The predicted molar refractivity (Wildman–Crippen MR) is 112 cm³/mol. The Labute approximate surface area is 170 Å². The van der Waals surface area contributed by atoms with Crippen molar-refractivity contribution in [1.82, 2.24) is 19.8 Å². The number of carbonyl (C=O) groups excluding carboxylic acids is 1. The fraction of sp³-hybridized carbons (Fsp3) is 0.391.